The Kier molecular flexibility index (Phi) is 4.17. The van der Waals surface area contributed by atoms with Gasteiger partial charge in [0.15, 0.2) is 0 Å². The van der Waals surface area contributed by atoms with E-state index in [1.54, 1.807) is 0 Å². The maximum atomic E-state index is 12.6. The van der Waals surface area contributed by atoms with Crippen LogP contribution >= 0.6 is 0 Å². The summed E-state index contributed by atoms with van der Waals surface area (Å²) in [4.78, 5) is 0. The molecule has 0 spiro atoms. The number of rotatable bonds is 3. The molecule has 3 unspecified atom stereocenters. The van der Waals surface area contributed by atoms with Crippen molar-refractivity contribution in [1.29, 1.82) is 0 Å². The third-order valence-corrected chi connectivity index (χ3v) is 4.45. The predicted molar refractivity (Wildman–Crippen MR) is 83.7 cm³/mol. The van der Waals surface area contributed by atoms with Crippen molar-refractivity contribution < 1.29 is 13.2 Å². The fourth-order valence-electron chi connectivity index (χ4n) is 3.19. The van der Waals surface area contributed by atoms with Gasteiger partial charge in [0, 0.05) is 18.1 Å². The standard InChI is InChI=1S/C18H19F3N2/c1-11(12-6-8-13(9-7-12)18(19,20)21)23-17-10-16(22)14-4-2-3-5-15(14)17/h2-9,11,16-17,23H,10,22H2,1H3. The zero-order valence-corrected chi connectivity index (χ0v) is 12.8. The first kappa shape index (κ1) is 16.0. The molecule has 0 amide bonds. The summed E-state index contributed by atoms with van der Waals surface area (Å²) in [7, 11) is 0. The number of halogens is 3. The molecule has 0 aromatic heterocycles. The lowest BCUT2D eigenvalue weighted by Gasteiger charge is -2.21. The summed E-state index contributed by atoms with van der Waals surface area (Å²) < 4.78 is 37.9. The van der Waals surface area contributed by atoms with Crippen LogP contribution in [-0.2, 0) is 6.18 Å². The highest BCUT2D eigenvalue weighted by atomic mass is 19.4. The van der Waals surface area contributed by atoms with Crippen molar-refractivity contribution >= 4 is 0 Å². The summed E-state index contributed by atoms with van der Waals surface area (Å²) >= 11 is 0. The summed E-state index contributed by atoms with van der Waals surface area (Å²) in [6.07, 6.45) is -3.50. The van der Waals surface area contributed by atoms with Crippen LogP contribution in [0.15, 0.2) is 48.5 Å². The van der Waals surface area contributed by atoms with Crippen LogP contribution in [0.2, 0.25) is 0 Å². The third kappa shape index (κ3) is 3.26. The van der Waals surface area contributed by atoms with E-state index in [1.807, 2.05) is 25.1 Å². The van der Waals surface area contributed by atoms with E-state index in [2.05, 4.69) is 11.4 Å². The lowest BCUT2D eigenvalue weighted by molar-refractivity contribution is -0.137. The number of benzene rings is 2. The van der Waals surface area contributed by atoms with Gasteiger partial charge in [0.2, 0.25) is 0 Å². The lowest BCUT2D eigenvalue weighted by Crippen LogP contribution is -2.23. The van der Waals surface area contributed by atoms with E-state index in [0.717, 1.165) is 29.7 Å². The molecule has 1 aliphatic carbocycles. The Balaban J connectivity index is 1.74. The van der Waals surface area contributed by atoms with Crippen LogP contribution in [0.1, 0.15) is 53.7 Å². The molecular formula is C18H19F3N2. The Morgan fingerprint density at radius 1 is 1.04 bits per heavy atom. The molecule has 0 radical (unpaired) electrons. The van der Waals surface area contributed by atoms with Gasteiger partial charge in [-0.3, -0.25) is 0 Å². The minimum absolute atomic E-state index is 0.00325. The maximum Gasteiger partial charge on any atom is 0.416 e. The Bertz CT molecular complexity index is 679. The van der Waals surface area contributed by atoms with Crippen LogP contribution in [0.5, 0.6) is 0 Å². The van der Waals surface area contributed by atoms with Crippen molar-refractivity contribution in [3.05, 3.63) is 70.8 Å². The molecule has 0 bridgehead atoms. The van der Waals surface area contributed by atoms with E-state index in [-0.39, 0.29) is 18.1 Å². The Hall–Kier alpha value is -1.85. The van der Waals surface area contributed by atoms with Gasteiger partial charge in [-0.05, 0) is 42.2 Å². The highest BCUT2D eigenvalue weighted by Crippen LogP contribution is 2.38. The van der Waals surface area contributed by atoms with E-state index >= 15 is 0 Å². The van der Waals surface area contributed by atoms with Crippen LogP contribution in [0, 0.1) is 0 Å². The van der Waals surface area contributed by atoms with Crippen LogP contribution in [-0.4, -0.2) is 0 Å². The Morgan fingerprint density at radius 2 is 1.65 bits per heavy atom. The largest absolute Gasteiger partial charge is 0.416 e. The molecule has 3 atom stereocenters. The molecule has 5 heteroatoms. The molecule has 0 saturated heterocycles. The predicted octanol–water partition coefficient (Wildman–Crippen LogP) is 4.50. The van der Waals surface area contributed by atoms with Gasteiger partial charge in [-0.25, -0.2) is 0 Å². The van der Waals surface area contributed by atoms with Gasteiger partial charge in [-0.15, -0.1) is 0 Å². The topological polar surface area (TPSA) is 38.0 Å². The van der Waals surface area contributed by atoms with Crippen LogP contribution in [0.4, 0.5) is 13.2 Å². The second kappa shape index (κ2) is 5.98. The molecule has 0 heterocycles. The molecule has 0 fully saturated rings. The van der Waals surface area contributed by atoms with Crippen LogP contribution in [0.3, 0.4) is 0 Å². The van der Waals surface area contributed by atoms with Gasteiger partial charge in [-0.1, -0.05) is 36.4 Å². The number of nitrogens with two attached hydrogens (primary N) is 1. The minimum Gasteiger partial charge on any atom is -0.324 e. The molecule has 122 valence electrons. The maximum absolute atomic E-state index is 12.6. The molecule has 1 aliphatic rings. The monoisotopic (exact) mass is 320 g/mol. The summed E-state index contributed by atoms with van der Waals surface area (Å²) in [6.45, 7) is 1.95. The zero-order chi connectivity index (χ0) is 16.6. The Morgan fingerprint density at radius 3 is 2.26 bits per heavy atom. The normalized spacial score (nSPS) is 22.0. The van der Waals surface area contributed by atoms with Crippen LogP contribution < -0.4 is 11.1 Å². The van der Waals surface area contributed by atoms with Gasteiger partial charge in [0.25, 0.3) is 0 Å². The van der Waals surface area contributed by atoms with Crippen LogP contribution in [0.25, 0.3) is 0 Å². The fourth-order valence-corrected chi connectivity index (χ4v) is 3.19. The number of alkyl halides is 3. The third-order valence-electron chi connectivity index (χ3n) is 4.45. The van der Waals surface area contributed by atoms with Gasteiger partial charge < -0.3 is 11.1 Å². The van der Waals surface area contributed by atoms with E-state index in [0.29, 0.717) is 0 Å². The molecule has 23 heavy (non-hydrogen) atoms. The lowest BCUT2D eigenvalue weighted by atomic mass is 10.0. The molecule has 3 N–H and O–H groups in total. The fraction of sp³-hybridized carbons (Fsp3) is 0.333. The smallest absolute Gasteiger partial charge is 0.324 e. The van der Waals surface area contributed by atoms with Gasteiger partial charge >= 0.3 is 6.18 Å². The number of fused-ring (bicyclic) bond motifs is 1. The van der Waals surface area contributed by atoms with E-state index in [1.165, 1.54) is 17.7 Å². The SMILES string of the molecule is CC(NC1CC(N)c2ccccc21)c1ccc(C(F)(F)F)cc1. The first-order valence-electron chi connectivity index (χ1n) is 7.64. The molecular weight excluding hydrogens is 301 g/mol. The van der Waals surface area contributed by atoms with Gasteiger partial charge in [0.1, 0.15) is 0 Å². The Labute approximate surface area is 133 Å². The molecule has 0 aliphatic heterocycles. The van der Waals surface area contributed by atoms with Crippen molar-refractivity contribution in [3.8, 4) is 0 Å². The molecule has 2 aromatic rings. The highest BCUT2D eigenvalue weighted by Gasteiger charge is 2.31. The van der Waals surface area contributed by atoms with E-state index in [9.17, 15) is 13.2 Å². The molecule has 2 aromatic carbocycles. The second-order valence-electron chi connectivity index (χ2n) is 6.03. The first-order chi connectivity index (χ1) is 10.9. The van der Waals surface area contributed by atoms with Crippen molar-refractivity contribution in [1.82, 2.24) is 5.32 Å². The van der Waals surface area contributed by atoms with Crippen molar-refractivity contribution in [2.24, 2.45) is 5.73 Å². The van der Waals surface area contributed by atoms with E-state index < -0.39 is 11.7 Å². The van der Waals surface area contributed by atoms with Crippen molar-refractivity contribution in [2.45, 2.75) is 37.6 Å². The molecule has 0 saturated carbocycles. The quantitative estimate of drug-likeness (QED) is 0.874. The number of hydrogen-bond acceptors (Lipinski definition) is 2. The van der Waals surface area contributed by atoms with Gasteiger partial charge in [0.05, 0.1) is 5.56 Å². The average molecular weight is 320 g/mol. The number of hydrogen-bond donors (Lipinski definition) is 2. The molecule has 2 nitrogen and oxygen atoms in total. The molecule has 3 rings (SSSR count). The summed E-state index contributed by atoms with van der Waals surface area (Å²) in [5.41, 5.74) is 8.68. The highest BCUT2D eigenvalue weighted by molar-refractivity contribution is 5.37. The van der Waals surface area contributed by atoms with E-state index in [4.69, 9.17) is 5.73 Å². The number of nitrogens with one attached hydrogen (secondary N) is 1. The minimum atomic E-state index is -4.30. The van der Waals surface area contributed by atoms with Crippen molar-refractivity contribution in [2.75, 3.05) is 0 Å². The first-order valence-corrected chi connectivity index (χ1v) is 7.64. The average Bonchev–Trinajstić information content (AvgIpc) is 2.83. The summed E-state index contributed by atoms with van der Waals surface area (Å²) in [5.74, 6) is 0. The summed E-state index contributed by atoms with van der Waals surface area (Å²) in [5, 5.41) is 3.48. The second-order valence-corrected chi connectivity index (χ2v) is 6.03. The zero-order valence-electron chi connectivity index (χ0n) is 12.8. The summed E-state index contributed by atoms with van der Waals surface area (Å²) in [6, 6.07) is 13.4. The van der Waals surface area contributed by atoms with Crippen molar-refractivity contribution in [3.63, 3.8) is 0 Å². The van der Waals surface area contributed by atoms with Gasteiger partial charge in [-0.2, -0.15) is 13.2 Å².